The summed E-state index contributed by atoms with van der Waals surface area (Å²) in [6.07, 6.45) is -0.0940. The van der Waals surface area contributed by atoms with Crippen LogP contribution in [0.4, 0.5) is 5.69 Å². The lowest BCUT2D eigenvalue weighted by atomic mass is 10.1. The third-order valence-electron chi connectivity index (χ3n) is 2.90. The van der Waals surface area contributed by atoms with Crippen LogP contribution in [0.3, 0.4) is 0 Å². The Morgan fingerprint density at radius 1 is 1.22 bits per heavy atom. The van der Waals surface area contributed by atoms with Gasteiger partial charge in [0.25, 0.3) is 0 Å². The van der Waals surface area contributed by atoms with Crippen molar-refractivity contribution >= 4 is 23.5 Å². The molecule has 1 atom stereocenters. The van der Waals surface area contributed by atoms with Crippen LogP contribution in [-0.4, -0.2) is 34.6 Å². The highest BCUT2D eigenvalue weighted by Gasteiger charge is 2.36. The minimum absolute atomic E-state index is 0.00288. The highest BCUT2D eigenvalue weighted by molar-refractivity contribution is 6.04. The third-order valence-corrected chi connectivity index (χ3v) is 2.90. The summed E-state index contributed by atoms with van der Waals surface area (Å²) in [5, 5.41) is 17.9. The average molecular weight is 249 g/mol. The number of carboxylic acid groups (broad SMARTS) is 2. The lowest BCUT2D eigenvalue weighted by molar-refractivity contribution is -0.141. The van der Waals surface area contributed by atoms with E-state index in [4.69, 9.17) is 10.2 Å². The molecule has 1 amide bonds. The Hall–Kier alpha value is -2.37. The molecule has 0 saturated carbocycles. The number of carbonyl (C=O) groups is 3. The normalized spacial score (nSPS) is 19.0. The number of amides is 1. The van der Waals surface area contributed by atoms with Crippen molar-refractivity contribution in [1.82, 2.24) is 0 Å². The number of benzene rings is 1. The lowest BCUT2D eigenvalue weighted by Crippen LogP contribution is -2.27. The molecule has 1 heterocycles. The predicted molar refractivity (Wildman–Crippen MR) is 61.5 cm³/mol. The monoisotopic (exact) mass is 249 g/mol. The number of aliphatic carboxylic acids is 1. The van der Waals surface area contributed by atoms with Crippen molar-refractivity contribution in [2.75, 3.05) is 11.4 Å². The molecule has 1 fully saturated rings. The van der Waals surface area contributed by atoms with E-state index in [1.807, 2.05) is 0 Å². The zero-order valence-corrected chi connectivity index (χ0v) is 9.37. The zero-order chi connectivity index (χ0) is 13.3. The van der Waals surface area contributed by atoms with E-state index < -0.39 is 17.9 Å². The summed E-state index contributed by atoms with van der Waals surface area (Å²) in [7, 11) is 0. The van der Waals surface area contributed by atoms with E-state index in [9.17, 15) is 14.4 Å². The second-order valence-corrected chi connectivity index (χ2v) is 4.07. The zero-order valence-electron chi connectivity index (χ0n) is 9.37. The van der Waals surface area contributed by atoms with Gasteiger partial charge in [0.05, 0.1) is 17.2 Å². The summed E-state index contributed by atoms with van der Waals surface area (Å²) in [4.78, 5) is 34.9. The van der Waals surface area contributed by atoms with Crippen LogP contribution in [0.15, 0.2) is 24.3 Å². The van der Waals surface area contributed by atoms with Gasteiger partial charge in [-0.25, -0.2) is 4.79 Å². The summed E-state index contributed by atoms with van der Waals surface area (Å²) in [6.45, 7) is 0.0124. The molecule has 0 aromatic heterocycles. The summed E-state index contributed by atoms with van der Waals surface area (Å²) >= 11 is 0. The fourth-order valence-corrected chi connectivity index (χ4v) is 2.00. The summed E-state index contributed by atoms with van der Waals surface area (Å²) in [5.41, 5.74) is 0.246. The molecular weight excluding hydrogens is 238 g/mol. The number of nitrogens with zero attached hydrogens (tertiary/aromatic N) is 1. The van der Waals surface area contributed by atoms with Gasteiger partial charge in [-0.3, -0.25) is 9.59 Å². The number of para-hydroxylation sites is 1. The lowest BCUT2D eigenvalue weighted by Gasteiger charge is -2.18. The Bertz CT molecular complexity index is 525. The first-order chi connectivity index (χ1) is 8.50. The van der Waals surface area contributed by atoms with Crippen LogP contribution in [0.1, 0.15) is 16.8 Å². The number of hydrogen-bond acceptors (Lipinski definition) is 3. The van der Waals surface area contributed by atoms with Gasteiger partial charge in [-0.05, 0) is 12.1 Å². The van der Waals surface area contributed by atoms with Gasteiger partial charge in [0, 0.05) is 13.0 Å². The van der Waals surface area contributed by atoms with Crippen LogP contribution < -0.4 is 4.90 Å². The Morgan fingerprint density at radius 2 is 1.89 bits per heavy atom. The van der Waals surface area contributed by atoms with Crippen LogP contribution in [0.2, 0.25) is 0 Å². The number of hydrogen-bond donors (Lipinski definition) is 2. The molecule has 94 valence electrons. The van der Waals surface area contributed by atoms with Crippen molar-refractivity contribution in [2.45, 2.75) is 6.42 Å². The Labute approximate surface area is 102 Å². The van der Waals surface area contributed by atoms with E-state index in [1.165, 1.54) is 17.0 Å². The molecule has 0 aliphatic carbocycles. The quantitative estimate of drug-likeness (QED) is 0.827. The fraction of sp³-hybridized carbons (Fsp3) is 0.250. The Kier molecular flexibility index (Phi) is 3.01. The van der Waals surface area contributed by atoms with Crippen LogP contribution in [-0.2, 0) is 9.59 Å². The molecule has 2 N–H and O–H groups in total. The molecule has 18 heavy (non-hydrogen) atoms. The topological polar surface area (TPSA) is 94.9 Å². The van der Waals surface area contributed by atoms with Gasteiger partial charge in [0.1, 0.15) is 0 Å². The van der Waals surface area contributed by atoms with Gasteiger partial charge >= 0.3 is 11.9 Å². The van der Waals surface area contributed by atoms with E-state index in [0.717, 1.165) is 0 Å². The molecule has 1 aromatic carbocycles. The first-order valence-corrected chi connectivity index (χ1v) is 5.36. The molecule has 0 unspecified atom stereocenters. The van der Waals surface area contributed by atoms with Crippen molar-refractivity contribution in [1.29, 1.82) is 0 Å². The van der Waals surface area contributed by atoms with Gasteiger partial charge in [-0.1, -0.05) is 12.1 Å². The van der Waals surface area contributed by atoms with E-state index in [-0.39, 0.29) is 30.1 Å². The highest BCUT2D eigenvalue weighted by Crippen LogP contribution is 2.28. The fourth-order valence-electron chi connectivity index (χ4n) is 2.00. The van der Waals surface area contributed by atoms with Crippen LogP contribution in [0, 0.1) is 5.92 Å². The molecule has 0 bridgehead atoms. The summed E-state index contributed by atoms with van der Waals surface area (Å²) in [6, 6.07) is 6.07. The molecule has 1 aromatic rings. The standard InChI is InChI=1S/C12H11NO5/c14-10-5-7(11(15)16)6-13(10)9-4-2-1-3-8(9)12(17)18/h1-4,7H,5-6H2,(H,15,16)(H,17,18)/t7-/m1/s1. The first kappa shape index (κ1) is 12.1. The molecule has 6 heteroatoms. The smallest absolute Gasteiger partial charge is 0.337 e. The Balaban J connectivity index is 2.35. The van der Waals surface area contributed by atoms with Crippen molar-refractivity contribution < 1.29 is 24.6 Å². The maximum absolute atomic E-state index is 11.7. The number of anilines is 1. The molecule has 6 nitrogen and oxygen atoms in total. The van der Waals surface area contributed by atoms with E-state index >= 15 is 0 Å². The van der Waals surface area contributed by atoms with Gasteiger partial charge in [-0.15, -0.1) is 0 Å². The summed E-state index contributed by atoms with van der Waals surface area (Å²) in [5.74, 6) is -3.33. The van der Waals surface area contributed by atoms with Crippen LogP contribution in [0.25, 0.3) is 0 Å². The predicted octanol–water partition coefficient (Wildman–Crippen LogP) is 0.822. The second-order valence-electron chi connectivity index (χ2n) is 4.07. The van der Waals surface area contributed by atoms with Crippen molar-refractivity contribution in [3.63, 3.8) is 0 Å². The van der Waals surface area contributed by atoms with Gasteiger partial charge < -0.3 is 15.1 Å². The SMILES string of the molecule is O=C(O)c1ccccc1N1C[C@H](C(=O)O)CC1=O. The molecular formula is C12H11NO5. The van der Waals surface area contributed by atoms with Crippen LogP contribution in [0.5, 0.6) is 0 Å². The van der Waals surface area contributed by atoms with Crippen LogP contribution >= 0.6 is 0 Å². The molecule has 0 radical (unpaired) electrons. The van der Waals surface area contributed by atoms with E-state index in [2.05, 4.69) is 0 Å². The number of aromatic carboxylic acids is 1. The minimum Gasteiger partial charge on any atom is -0.481 e. The first-order valence-electron chi connectivity index (χ1n) is 5.36. The van der Waals surface area contributed by atoms with Crippen molar-refractivity contribution in [2.24, 2.45) is 5.92 Å². The third kappa shape index (κ3) is 2.04. The van der Waals surface area contributed by atoms with Gasteiger partial charge in [0.2, 0.25) is 5.91 Å². The number of rotatable bonds is 3. The number of carbonyl (C=O) groups excluding carboxylic acids is 1. The Morgan fingerprint density at radius 3 is 2.44 bits per heavy atom. The van der Waals surface area contributed by atoms with Gasteiger partial charge in [0.15, 0.2) is 0 Å². The van der Waals surface area contributed by atoms with E-state index in [0.29, 0.717) is 0 Å². The maximum Gasteiger partial charge on any atom is 0.337 e. The molecule has 2 rings (SSSR count). The molecule has 1 saturated heterocycles. The molecule has 1 aliphatic heterocycles. The minimum atomic E-state index is -1.14. The summed E-state index contributed by atoms with van der Waals surface area (Å²) < 4.78 is 0. The number of carboxylic acids is 2. The maximum atomic E-state index is 11.7. The molecule has 1 aliphatic rings. The van der Waals surface area contributed by atoms with Crippen molar-refractivity contribution in [3.05, 3.63) is 29.8 Å². The second kappa shape index (κ2) is 4.48. The van der Waals surface area contributed by atoms with Gasteiger partial charge in [-0.2, -0.15) is 0 Å². The van der Waals surface area contributed by atoms with E-state index in [1.54, 1.807) is 12.1 Å². The largest absolute Gasteiger partial charge is 0.481 e. The van der Waals surface area contributed by atoms with Crippen molar-refractivity contribution in [3.8, 4) is 0 Å². The molecule has 0 spiro atoms. The average Bonchev–Trinajstić information content (AvgIpc) is 2.71. The highest BCUT2D eigenvalue weighted by atomic mass is 16.4.